The molecule has 0 bridgehead atoms. The molecule has 0 spiro atoms. The van der Waals surface area contributed by atoms with Crippen molar-refractivity contribution in [3.05, 3.63) is 126 Å². The van der Waals surface area contributed by atoms with E-state index in [4.69, 9.17) is 5.10 Å². The van der Waals surface area contributed by atoms with Crippen LogP contribution in [-0.4, -0.2) is 20.5 Å². The van der Waals surface area contributed by atoms with Gasteiger partial charge in [0.15, 0.2) is 5.78 Å². The van der Waals surface area contributed by atoms with Gasteiger partial charge in [-0.05, 0) is 48.7 Å². The van der Waals surface area contributed by atoms with Crippen LogP contribution in [0.15, 0.2) is 103 Å². The Bertz CT molecular complexity index is 1820. The number of carbonyl (C=O) groups excluding carboxylic acids is 1. The summed E-state index contributed by atoms with van der Waals surface area (Å²) in [7, 11) is 0. The van der Waals surface area contributed by atoms with E-state index >= 15 is 0 Å². The van der Waals surface area contributed by atoms with Crippen molar-refractivity contribution in [2.24, 2.45) is 0 Å². The number of para-hydroxylation sites is 1. The van der Waals surface area contributed by atoms with Gasteiger partial charge in [0.2, 0.25) is 0 Å². The summed E-state index contributed by atoms with van der Waals surface area (Å²) in [6.45, 7) is 4.13. The Morgan fingerprint density at radius 2 is 1.45 bits per heavy atom. The Hall–Kier alpha value is -4.90. The molecule has 1 atom stereocenters. The Labute approximate surface area is 220 Å². The largest absolute Gasteiger partial charge is 0.355 e. The van der Waals surface area contributed by atoms with Crippen LogP contribution in [0, 0.1) is 13.8 Å². The van der Waals surface area contributed by atoms with Crippen LogP contribution >= 0.6 is 0 Å². The SMILES string of the molecule is Cc1ccc2[nH]c(-c3ccccc3)c3c2c1[C@@H](C(=O)c1ccccc1)Nc1c-3c(C)nn1-c1ccccc1. The van der Waals surface area contributed by atoms with Crippen LogP contribution in [0.3, 0.4) is 0 Å². The summed E-state index contributed by atoms with van der Waals surface area (Å²) in [5.41, 5.74) is 9.79. The first kappa shape index (κ1) is 22.3. The molecule has 6 aromatic rings. The zero-order valence-electron chi connectivity index (χ0n) is 21.2. The van der Waals surface area contributed by atoms with Gasteiger partial charge in [-0.1, -0.05) is 84.9 Å². The van der Waals surface area contributed by atoms with Crippen LogP contribution in [0.2, 0.25) is 0 Å². The summed E-state index contributed by atoms with van der Waals surface area (Å²) in [4.78, 5) is 17.9. The second-order valence-corrected chi connectivity index (χ2v) is 9.82. The number of hydrogen-bond donors (Lipinski definition) is 2. The van der Waals surface area contributed by atoms with Gasteiger partial charge < -0.3 is 10.3 Å². The number of nitrogens with one attached hydrogen (secondary N) is 2. The first-order valence-electron chi connectivity index (χ1n) is 12.8. The molecule has 0 amide bonds. The van der Waals surface area contributed by atoms with Crippen molar-refractivity contribution in [1.29, 1.82) is 0 Å². The predicted octanol–water partition coefficient (Wildman–Crippen LogP) is 7.65. The van der Waals surface area contributed by atoms with E-state index in [2.05, 4.69) is 53.6 Å². The Morgan fingerprint density at radius 1 is 0.789 bits per heavy atom. The number of benzene rings is 4. The highest BCUT2D eigenvalue weighted by Gasteiger charge is 2.36. The van der Waals surface area contributed by atoms with E-state index in [1.54, 1.807) is 0 Å². The number of ketones is 1. The molecular weight excluding hydrogens is 468 g/mol. The number of anilines is 1. The molecule has 5 nitrogen and oxygen atoms in total. The fraction of sp³-hybridized carbons (Fsp3) is 0.0909. The summed E-state index contributed by atoms with van der Waals surface area (Å²) in [5, 5.41) is 9.76. The van der Waals surface area contributed by atoms with Crippen LogP contribution in [0.25, 0.3) is 39.0 Å². The van der Waals surface area contributed by atoms with E-state index in [9.17, 15) is 4.79 Å². The number of carbonyl (C=O) groups is 1. The molecular formula is C33H26N4O. The standard InChI is InChI=1S/C33H26N4O/c1-20-18-19-25-28-26(20)31(32(38)23-14-8-4-9-15-23)35-33-27(21(2)36-37(33)24-16-10-5-11-17-24)29(28)30(34-25)22-12-6-3-7-13-22/h3-19,31,34-35H,1-2H3/t31-/m0/s1. The van der Waals surface area contributed by atoms with Crippen molar-refractivity contribution < 1.29 is 4.79 Å². The highest BCUT2D eigenvalue weighted by atomic mass is 16.1. The van der Waals surface area contributed by atoms with Gasteiger partial charge in [0.1, 0.15) is 11.9 Å². The van der Waals surface area contributed by atoms with Gasteiger partial charge in [0.25, 0.3) is 0 Å². The average Bonchev–Trinajstić information content (AvgIpc) is 3.44. The lowest BCUT2D eigenvalue weighted by molar-refractivity contribution is 0.0969. The Kier molecular flexibility index (Phi) is 5.05. The minimum Gasteiger partial charge on any atom is -0.355 e. The summed E-state index contributed by atoms with van der Waals surface area (Å²) in [6.07, 6.45) is 0. The maximum Gasteiger partial charge on any atom is 0.189 e. The molecule has 0 fully saturated rings. The summed E-state index contributed by atoms with van der Waals surface area (Å²) >= 11 is 0. The minimum absolute atomic E-state index is 0.0286. The number of hydrogen-bond acceptors (Lipinski definition) is 3. The van der Waals surface area contributed by atoms with Gasteiger partial charge in [0, 0.05) is 22.0 Å². The Balaban J connectivity index is 1.60. The lowest BCUT2D eigenvalue weighted by Crippen LogP contribution is -2.23. The zero-order chi connectivity index (χ0) is 25.8. The van der Waals surface area contributed by atoms with Crippen molar-refractivity contribution >= 4 is 22.5 Å². The van der Waals surface area contributed by atoms with E-state index in [-0.39, 0.29) is 5.78 Å². The number of rotatable bonds is 4. The van der Waals surface area contributed by atoms with Crippen molar-refractivity contribution in [3.63, 3.8) is 0 Å². The summed E-state index contributed by atoms with van der Waals surface area (Å²) < 4.78 is 1.94. The molecule has 5 heteroatoms. The van der Waals surface area contributed by atoms with Crippen molar-refractivity contribution in [2.45, 2.75) is 19.9 Å². The fourth-order valence-corrected chi connectivity index (χ4v) is 5.75. The molecule has 4 aromatic carbocycles. The summed E-state index contributed by atoms with van der Waals surface area (Å²) in [5.74, 6) is 0.845. The quantitative estimate of drug-likeness (QED) is 0.247. The van der Waals surface area contributed by atoms with Crippen LogP contribution < -0.4 is 5.32 Å². The lowest BCUT2D eigenvalue weighted by atomic mass is 9.89. The molecule has 184 valence electrons. The summed E-state index contributed by atoms with van der Waals surface area (Å²) in [6, 6.07) is 33.6. The predicted molar refractivity (Wildman–Crippen MR) is 153 cm³/mol. The lowest BCUT2D eigenvalue weighted by Gasteiger charge is -2.21. The van der Waals surface area contributed by atoms with Gasteiger partial charge in [0.05, 0.1) is 22.6 Å². The molecule has 1 aliphatic rings. The third-order valence-electron chi connectivity index (χ3n) is 7.49. The molecule has 1 aliphatic heterocycles. The van der Waals surface area contributed by atoms with Gasteiger partial charge in [-0.25, -0.2) is 4.68 Å². The molecule has 0 aliphatic carbocycles. The van der Waals surface area contributed by atoms with Crippen molar-refractivity contribution in [3.8, 4) is 28.1 Å². The topological polar surface area (TPSA) is 62.7 Å². The second kappa shape index (κ2) is 8.60. The number of aryl methyl sites for hydroxylation is 2. The van der Waals surface area contributed by atoms with E-state index in [0.717, 1.165) is 61.6 Å². The molecule has 0 saturated carbocycles. The van der Waals surface area contributed by atoms with Crippen molar-refractivity contribution in [2.75, 3.05) is 5.32 Å². The molecule has 38 heavy (non-hydrogen) atoms. The number of Topliss-reactive ketones (excluding diaryl/α,β-unsaturated/α-hetero) is 1. The number of fused-ring (bicyclic) bond motifs is 2. The maximum absolute atomic E-state index is 14.2. The third kappa shape index (κ3) is 3.32. The fourth-order valence-electron chi connectivity index (χ4n) is 5.75. The molecule has 0 radical (unpaired) electrons. The van der Waals surface area contributed by atoms with Crippen LogP contribution in [-0.2, 0) is 0 Å². The van der Waals surface area contributed by atoms with Crippen molar-refractivity contribution in [1.82, 2.24) is 14.8 Å². The van der Waals surface area contributed by atoms with E-state index in [0.29, 0.717) is 5.56 Å². The van der Waals surface area contributed by atoms with Crippen LogP contribution in [0.1, 0.15) is 33.2 Å². The number of H-pyrrole nitrogens is 1. The second-order valence-electron chi connectivity index (χ2n) is 9.82. The third-order valence-corrected chi connectivity index (χ3v) is 7.49. The minimum atomic E-state index is -0.584. The van der Waals surface area contributed by atoms with Gasteiger partial charge >= 0.3 is 0 Å². The van der Waals surface area contributed by atoms with E-state index in [1.807, 2.05) is 78.3 Å². The first-order chi connectivity index (χ1) is 18.6. The molecule has 2 N–H and O–H groups in total. The normalized spacial score (nSPS) is 14.1. The zero-order valence-corrected chi connectivity index (χ0v) is 21.2. The smallest absolute Gasteiger partial charge is 0.189 e. The number of aromatic nitrogens is 3. The maximum atomic E-state index is 14.2. The number of aromatic amines is 1. The van der Waals surface area contributed by atoms with Gasteiger partial charge in [-0.2, -0.15) is 5.10 Å². The Morgan fingerprint density at radius 3 is 2.16 bits per heavy atom. The van der Waals surface area contributed by atoms with Gasteiger partial charge in [-0.3, -0.25) is 4.79 Å². The number of nitrogens with zero attached hydrogens (tertiary/aromatic N) is 2. The van der Waals surface area contributed by atoms with E-state index < -0.39 is 6.04 Å². The highest BCUT2D eigenvalue weighted by molar-refractivity contribution is 6.14. The molecule has 2 aromatic heterocycles. The van der Waals surface area contributed by atoms with E-state index in [1.165, 1.54) is 0 Å². The first-order valence-corrected chi connectivity index (χ1v) is 12.8. The monoisotopic (exact) mass is 494 g/mol. The van der Waals surface area contributed by atoms with Gasteiger partial charge in [-0.15, -0.1) is 0 Å². The van der Waals surface area contributed by atoms with Crippen LogP contribution in [0.4, 0.5) is 5.82 Å². The molecule has 0 unspecified atom stereocenters. The molecule has 7 rings (SSSR count). The average molecular weight is 495 g/mol. The molecule has 3 heterocycles. The highest BCUT2D eigenvalue weighted by Crippen LogP contribution is 2.50. The van der Waals surface area contributed by atoms with Crippen LogP contribution in [0.5, 0.6) is 0 Å². The molecule has 0 saturated heterocycles.